The molecular formula is C22H17N5O2. The summed E-state index contributed by atoms with van der Waals surface area (Å²) in [6.07, 6.45) is 3.05. The number of nitrogen functional groups attached to an aromatic ring is 1. The third-order valence-electron chi connectivity index (χ3n) is 4.22. The Labute approximate surface area is 167 Å². The van der Waals surface area contributed by atoms with Crippen LogP contribution in [-0.4, -0.2) is 9.97 Å². The highest BCUT2D eigenvalue weighted by Gasteiger charge is 2.13. The minimum Gasteiger partial charge on any atom is -0.472 e. The highest BCUT2D eigenvalue weighted by Crippen LogP contribution is 2.28. The van der Waals surface area contributed by atoms with E-state index in [-0.39, 0.29) is 18.1 Å². The van der Waals surface area contributed by atoms with Crippen LogP contribution in [0.25, 0.3) is 11.3 Å². The molecule has 2 aromatic heterocycles. The Kier molecular flexibility index (Phi) is 5.08. The second-order valence-corrected chi connectivity index (χ2v) is 6.23. The average Bonchev–Trinajstić information content (AvgIpc) is 3.28. The number of nitrogens with one attached hydrogen (secondary N) is 1. The lowest BCUT2D eigenvalue weighted by atomic mass is 10.1. The largest absolute Gasteiger partial charge is 0.472 e. The van der Waals surface area contributed by atoms with Gasteiger partial charge < -0.3 is 20.2 Å². The predicted octanol–water partition coefficient (Wildman–Crippen LogP) is 4.51. The third-order valence-corrected chi connectivity index (χ3v) is 4.22. The summed E-state index contributed by atoms with van der Waals surface area (Å²) < 4.78 is 11.1. The zero-order chi connectivity index (χ0) is 20.1. The first-order valence-electron chi connectivity index (χ1n) is 8.86. The summed E-state index contributed by atoms with van der Waals surface area (Å²) in [4.78, 5) is 8.34. The standard InChI is InChI=1S/C22H17N5O2/c23-11-18-19(24)10-21(27-22(18)28-13-15-4-2-1-3-5-15)26-17-8-6-16(7-9-17)20-12-25-14-29-20/h1-10,12,14H,13H2,(H3,24,26,27). The number of benzene rings is 2. The molecule has 0 unspecified atom stereocenters. The number of nitriles is 1. The molecular weight excluding hydrogens is 366 g/mol. The van der Waals surface area contributed by atoms with E-state index in [9.17, 15) is 5.26 Å². The number of hydrogen-bond acceptors (Lipinski definition) is 7. The van der Waals surface area contributed by atoms with Crippen molar-refractivity contribution in [3.63, 3.8) is 0 Å². The van der Waals surface area contributed by atoms with Gasteiger partial charge in [-0.05, 0) is 29.8 Å². The van der Waals surface area contributed by atoms with Gasteiger partial charge in [0.1, 0.15) is 24.1 Å². The number of oxazole rings is 1. The quantitative estimate of drug-likeness (QED) is 0.504. The monoisotopic (exact) mass is 383 g/mol. The van der Waals surface area contributed by atoms with Crippen LogP contribution < -0.4 is 15.8 Å². The van der Waals surface area contributed by atoms with Crippen LogP contribution in [0.1, 0.15) is 11.1 Å². The first-order chi connectivity index (χ1) is 14.2. The van der Waals surface area contributed by atoms with Gasteiger partial charge in [-0.25, -0.2) is 4.98 Å². The van der Waals surface area contributed by atoms with Gasteiger partial charge in [0.25, 0.3) is 0 Å². The maximum Gasteiger partial charge on any atom is 0.236 e. The lowest BCUT2D eigenvalue weighted by Crippen LogP contribution is -2.05. The summed E-state index contributed by atoms with van der Waals surface area (Å²) in [6.45, 7) is 0.289. The highest BCUT2D eigenvalue weighted by molar-refractivity contribution is 5.69. The van der Waals surface area contributed by atoms with Crippen molar-refractivity contribution in [3.8, 4) is 23.3 Å². The molecule has 0 spiro atoms. The fourth-order valence-corrected chi connectivity index (χ4v) is 2.77. The van der Waals surface area contributed by atoms with E-state index < -0.39 is 0 Å². The van der Waals surface area contributed by atoms with Crippen LogP contribution in [-0.2, 0) is 6.61 Å². The average molecular weight is 383 g/mol. The molecule has 29 heavy (non-hydrogen) atoms. The number of hydrogen-bond donors (Lipinski definition) is 2. The highest BCUT2D eigenvalue weighted by atomic mass is 16.5. The van der Waals surface area contributed by atoms with E-state index in [0.29, 0.717) is 17.3 Å². The van der Waals surface area contributed by atoms with Crippen molar-refractivity contribution >= 4 is 17.2 Å². The summed E-state index contributed by atoms with van der Waals surface area (Å²) >= 11 is 0. The Morgan fingerprint density at radius 3 is 2.59 bits per heavy atom. The molecule has 0 saturated heterocycles. The Morgan fingerprint density at radius 2 is 1.90 bits per heavy atom. The zero-order valence-electron chi connectivity index (χ0n) is 15.4. The number of rotatable bonds is 6. The second kappa shape index (κ2) is 8.15. The Balaban J connectivity index is 1.54. The van der Waals surface area contributed by atoms with Crippen molar-refractivity contribution in [2.75, 3.05) is 11.1 Å². The maximum absolute atomic E-state index is 9.41. The zero-order valence-corrected chi connectivity index (χ0v) is 15.4. The van der Waals surface area contributed by atoms with Crippen LogP contribution in [0.3, 0.4) is 0 Å². The number of ether oxygens (including phenoxy) is 1. The second-order valence-electron chi connectivity index (χ2n) is 6.23. The lowest BCUT2D eigenvalue weighted by Gasteiger charge is -2.12. The molecule has 0 saturated carbocycles. The van der Waals surface area contributed by atoms with Gasteiger partial charge in [-0.3, -0.25) is 0 Å². The topological polar surface area (TPSA) is 110 Å². The van der Waals surface area contributed by atoms with Crippen molar-refractivity contribution in [1.29, 1.82) is 5.26 Å². The van der Waals surface area contributed by atoms with E-state index in [2.05, 4.69) is 21.4 Å². The molecule has 0 amide bonds. The molecule has 7 nitrogen and oxygen atoms in total. The normalized spacial score (nSPS) is 10.3. The number of nitrogens with two attached hydrogens (primary N) is 1. The van der Waals surface area contributed by atoms with Crippen LogP contribution >= 0.6 is 0 Å². The third kappa shape index (κ3) is 4.17. The first-order valence-corrected chi connectivity index (χ1v) is 8.86. The Morgan fingerprint density at radius 1 is 1.10 bits per heavy atom. The van der Waals surface area contributed by atoms with Gasteiger partial charge in [0.05, 0.1) is 11.9 Å². The SMILES string of the molecule is N#Cc1c(N)cc(Nc2ccc(-c3cnco3)cc2)nc1OCc1ccccc1. The lowest BCUT2D eigenvalue weighted by molar-refractivity contribution is 0.293. The van der Waals surface area contributed by atoms with Crippen molar-refractivity contribution in [2.24, 2.45) is 0 Å². The Hall–Kier alpha value is -4.31. The smallest absolute Gasteiger partial charge is 0.236 e. The molecule has 142 valence electrons. The van der Waals surface area contributed by atoms with Gasteiger partial charge in [0.15, 0.2) is 12.2 Å². The minimum atomic E-state index is 0.192. The van der Waals surface area contributed by atoms with Crippen LogP contribution in [0.5, 0.6) is 5.88 Å². The molecule has 0 aliphatic heterocycles. The molecule has 0 aliphatic rings. The summed E-state index contributed by atoms with van der Waals surface area (Å²) in [5.41, 5.74) is 9.24. The fraction of sp³-hybridized carbons (Fsp3) is 0.0455. The maximum atomic E-state index is 9.41. The molecule has 0 bridgehead atoms. The van der Waals surface area contributed by atoms with Crippen LogP contribution in [0.15, 0.2) is 77.7 Å². The number of aromatic nitrogens is 2. The number of anilines is 3. The van der Waals surface area contributed by atoms with Gasteiger partial charge in [0, 0.05) is 17.3 Å². The molecule has 2 aromatic carbocycles. The van der Waals surface area contributed by atoms with Gasteiger partial charge in [-0.1, -0.05) is 30.3 Å². The van der Waals surface area contributed by atoms with Gasteiger partial charge in [-0.15, -0.1) is 0 Å². The predicted molar refractivity (Wildman–Crippen MR) is 109 cm³/mol. The summed E-state index contributed by atoms with van der Waals surface area (Å²) in [5, 5.41) is 12.6. The van der Waals surface area contributed by atoms with E-state index >= 15 is 0 Å². The van der Waals surface area contributed by atoms with Crippen molar-refractivity contribution in [3.05, 3.63) is 84.4 Å². The molecule has 0 fully saturated rings. The molecule has 0 radical (unpaired) electrons. The molecule has 0 aliphatic carbocycles. The van der Waals surface area contributed by atoms with Gasteiger partial charge in [-0.2, -0.15) is 10.2 Å². The van der Waals surface area contributed by atoms with Crippen molar-refractivity contribution < 1.29 is 9.15 Å². The van der Waals surface area contributed by atoms with Crippen LogP contribution in [0, 0.1) is 11.3 Å². The van der Waals surface area contributed by atoms with E-state index in [1.807, 2.05) is 54.6 Å². The minimum absolute atomic E-state index is 0.192. The molecule has 3 N–H and O–H groups in total. The van der Waals surface area contributed by atoms with Gasteiger partial charge in [0.2, 0.25) is 5.88 Å². The molecule has 4 aromatic rings. The van der Waals surface area contributed by atoms with Crippen molar-refractivity contribution in [2.45, 2.75) is 6.61 Å². The fourth-order valence-electron chi connectivity index (χ4n) is 2.77. The van der Waals surface area contributed by atoms with Crippen LogP contribution in [0.4, 0.5) is 17.2 Å². The molecule has 0 atom stereocenters. The molecule has 2 heterocycles. The van der Waals surface area contributed by atoms with Gasteiger partial charge >= 0.3 is 0 Å². The summed E-state index contributed by atoms with van der Waals surface area (Å²) in [6, 6.07) is 20.9. The molecule has 7 heteroatoms. The summed E-state index contributed by atoms with van der Waals surface area (Å²) in [7, 11) is 0. The van der Waals surface area contributed by atoms with Crippen LogP contribution in [0.2, 0.25) is 0 Å². The van der Waals surface area contributed by atoms with E-state index in [0.717, 1.165) is 16.8 Å². The number of pyridine rings is 1. The number of nitrogens with zero attached hydrogens (tertiary/aromatic N) is 3. The molecule has 4 rings (SSSR count). The van der Waals surface area contributed by atoms with E-state index in [1.165, 1.54) is 6.39 Å². The van der Waals surface area contributed by atoms with Crippen molar-refractivity contribution in [1.82, 2.24) is 9.97 Å². The van der Waals surface area contributed by atoms with E-state index in [1.54, 1.807) is 12.3 Å². The Bertz CT molecular complexity index is 1130. The van der Waals surface area contributed by atoms with E-state index in [4.69, 9.17) is 14.9 Å². The summed E-state index contributed by atoms with van der Waals surface area (Å²) in [5.74, 6) is 1.36. The first kappa shape index (κ1) is 18.1.